The van der Waals surface area contributed by atoms with E-state index in [1.54, 1.807) is 0 Å². The molecule has 0 aliphatic heterocycles. The molecule has 1 nitrogen and oxygen atoms in total. The van der Waals surface area contributed by atoms with Gasteiger partial charge in [0.15, 0.2) is 0 Å². The van der Waals surface area contributed by atoms with Crippen molar-refractivity contribution in [3.05, 3.63) is 24.3 Å². The minimum atomic E-state index is -1.95. The molecule has 0 saturated heterocycles. The summed E-state index contributed by atoms with van der Waals surface area (Å²) in [6, 6.07) is 0.608. The molecule has 0 radical (unpaired) electrons. The van der Waals surface area contributed by atoms with Crippen molar-refractivity contribution in [2.75, 3.05) is 6.54 Å². The third kappa shape index (κ3) is 2.40. The van der Waals surface area contributed by atoms with E-state index in [0.717, 1.165) is 0 Å². The van der Waals surface area contributed by atoms with Gasteiger partial charge in [0.2, 0.25) is 0 Å². The van der Waals surface area contributed by atoms with Gasteiger partial charge >= 0.3 is 81.0 Å². The monoisotopic (exact) mass is 333 g/mol. The van der Waals surface area contributed by atoms with Crippen LogP contribution in [0.2, 0.25) is 14.0 Å². The van der Waals surface area contributed by atoms with Crippen LogP contribution in [0.4, 0.5) is 0 Å². The maximum atomic E-state index is 2.70. The zero-order valence-corrected chi connectivity index (χ0v) is 12.1. The average Bonchev–Trinajstić information content (AvgIpc) is 2.38. The minimum absolute atomic E-state index is 0.608. The van der Waals surface area contributed by atoms with Crippen molar-refractivity contribution in [3.8, 4) is 0 Å². The second kappa shape index (κ2) is 4.01. The number of rotatable bonds is 3. The van der Waals surface area contributed by atoms with Gasteiger partial charge in [0, 0.05) is 0 Å². The Morgan fingerprint density at radius 1 is 1.17 bits per heavy atom. The second-order valence-corrected chi connectivity index (χ2v) is 21.9. The fraction of sp³-hybridized carbons (Fsp3) is 0.600. The molecule has 1 rings (SSSR count). The van der Waals surface area contributed by atoms with E-state index in [1.165, 1.54) is 6.54 Å². The van der Waals surface area contributed by atoms with Crippen LogP contribution in [-0.4, -0.2) is 15.5 Å². The number of nitrogens with zero attached hydrogens (tertiary/aromatic N) is 1. The van der Waals surface area contributed by atoms with E-state index in [-0.39, 0.29) is 0 Å². The van der Waals surface area contributed by atoms with Gasteiger partial charge in [0.25, 0.3) is 0 Å². The molecule has 0 N–H and O–H groups in total. The molecule has 1 aliphatic carbocycles. The van der Waals surface area contributed by atoms with Gasteiger partial charge in [-0.2, -0.15) is 0 Å². The summed E-state index contributed by atoms with van der Waals surface area (Å²) in [4.78, 5) is 0. The molecule has 0 saturated carbocycles. The summed E-state index contributed by atoms with van der Waals surface area (Å²) < 4.78 is 10.1. The molecule has 0 unspecified atom stereocenters. The molecular formula is C10H19HfN. The Bertz CT molecular complexity index is 188. The average molecular weight is 332 g/mol. The first-order valence-corrected chi connectivity index (χ1v) is 17.1. The van der Waals surface area contributed by atoms with Gasteiger partial charge in [-0.1, -0.05) is 0 Å². The van der Waals surface area contributed by atoms with Crippen LogP contribution in [0.3, 0.4) is 0 Å². The quantitative estimate of drug-likeness (QED) is 0.719. The molecule has 0 fully saturated rings. The zero-order chi connectivity index (χ0) is 9.19. The Balaban J connectivity index is 2.68. The first kappa shape index (κ1) is 10.4. The van der Waals surface area contributed by atoms with E-state index in [4.69, 9.17) is 0 Å². The maximum absolute atomic E-state index is 2.70. The van der Waals surface area contributed by atoms with Gasteiger partial charge in [0.1, 0.15) is 0 Å². The molecule has 0 atom stereocenters. The third-order valence-corrected chi connectivity index (χ3v) is 10.7. The molecule has 0 aromatic heterocycles. The molecule has 68 valence electrons. The fourth-order valence-corrected chi connectivity index (χ4v) is 9.00. The molecule has 0 aromatic carbocycles. The SMILES string of the molecule is CC[N](C1C=CC=C1)[Hf]([CH3])([CH3])[CH3]. The van der Waals surface area contributed by atoms with E-state index < -0.39 is 20.3 Å². The Morgan fingerprint density at radius 3 is 2.00 bits per heavy atom. The van der Waals surface area contributed by atoms with E-state index in [2.05, 4.69) is 48.2 Å². The summed E-state index contributed by atoms with van der Waals surface area (Å²) in [6.07, 6.45) is 8.92. The van der Waals surface area contributed by atoms with Crippen molar-refractivity contribution in [2.24, 2.45) is 0 Å². The molecule has 0 heterocycles. The standard InChI is InChI=1S/C7H10N.3CH3.Hf/c1-2-8-7-5-3-4-6-7;;;;/h3-7H,2H2,1H3;3*1H3;/q-1;;;;+1. The molecule has 12 heavy (non-hydrogen) atoms. The summed E-state index contributed by atoms with van der Waals surface area (Å²) in [5, 5.41) is 0. The second-order valence-electron chi connectivity index (χ2n) is 4.22. The van der Waals surface area contributed by atoms with Crippen molar-refractivity contribution < 1.29 is 20.3 Å². The molecule has 0 spiro atoms. The van der Waals surface area contributed by atoms with E-state index in [0.29, 0.717) is 6.04 Å². The van der Waals surface area contributed by atoms with Gasteiger partial charge in [-0.3, -0.25) is 0 Å². The number of allylic oxidation sites excluding steroid dienone is 2. The van der Waals surface area contributed by atoms with Gasteiger partial charge < -0.3 is 0 Å². The molecular weight excluding hydrogens is 313 g/mol. The molecule has 1 aliphatic rings. The Kier molecular flexibility index (Phi) is 3.47. The van der Waals surface area contributed by atoms with Crippen molar-refractivity contribution in [2.45, 2.75) is 27.0 Å². The number of likely N-dealkylation sites (N-methyl/N-ethyl adjacent to an activating group) is 1. The molecule has 2 heteroatoms. The van der Waals surface area contributed by atoms with E-state index in [9.17, 15) is 0 Å². The van der Waals surface area contributed by atoms with Crippen LogP contribution in [0.1, 0.15) is 6.92 Å². The first-order chi connectivity index (χ1) is 5.55. The fourth-order valence-electron chi connectivity index (χ4n) is 1.76. The van der Waals surface area contributed by atoms with Crippen molar-refractivity contribution in [1.29, 1.82) is 0 Å². The van der Waals surface area contributed by atoms with Crippen LogP contribution >= 0.6 is 0 Å². The number of hydrogen-bond acceptors (Lipinski definition) is 1. The Hall–Kier alpha value is 0.310. The van der Waals surface area contributed by atoms with Crippen LogP contribution < -0.4 is 0 Å². The first-order valence-electron chi connectivity index (χ1n) is 4.67. The summed E-state index contributed by atoms with van der Waals surface area (Å²) in [5.74, 6) is 0. The van der Waals surface area contributed by atoms with Crippen LogP contribution in [0.5, 0.6) is 0 Å². The topological polar surface area (TPSA) is 3.24 Å². The predicted octanol–water partition coefficient (Wildman–Crippen LogP) is 3.02. The Morgan fingerprint density at radius 2 is 1.67 bits per heavy atom. The van der Waals surface area contributed by atoms with Gasteiger partial charge in [-0.15, -0.1) is 0 Å². The van der Waals surface area contributed by atoms with Crippen molar-refractivity contribution in [1.82, 2.24) is 2.89 Å². The van der Waals surface area contributed by atoms with Crippen LogP contribution in [0, 0.1) is 0 Å². The summed E-state index contributed by atoms with van der Waals surface area (Å²) in [7, 11) is 0. The van der Waals surface area contributed by atoms with Gasteiger partial charge in [-0.25, -0.2) is 0 Å². The van der Waals surface area contributed by atoms with E-state index >= 15 is 0 Å². The normalized spacial score (nSPS) is 18.1. The summed E-state index contributed by atoms with van der Waals surface area (Å²) in [5.41, 5.74) is 0. The van der Waals surface area contributed by atoms with E-state index in [1.807, 2.05) is 0 Å². The molecule has 0 aromatic rings. The number of hydrogen-bond donors (Lipinski definition) is 0. The van der Waals surface area contributed by atoms with Crippen molar-refractivity contribution >= 4 is 0 Å². The Labute approximate surface area is 80.9 Å². The van der Waals surface area contributed by atoms with Crippen LogP contribution in [-0.2, 0) is 20.3 Å². The predicted molar refractivity (Wildman–Crippen MR) is 52.0 cm³/mol. The van der Waals surface area contributed by atoms with Crippen LogP contribution in [0.15, 0.2) is 24.3 Å². The third-order valence-electron chi connectivity index (χ3n) is 2.29. The summed E-state index contributed by atoms with van der Waals surface area (Å²) in [6.45, 7) is 3.47. The van der Waals surface area contributed by atoms with Gasteiger partial charge in [-0.05, 0) is 0 Å². The van der Waals surface area contributed by atoms with Crippen molar-refractivity contribution in [3.63, 3.8) is 0 Å². The summed E-state index contributed by atoms with van der Waals surface area (Å²) >= 11 is -1.95. The zero-order valence-electron chi connectivity index (χ0n) is 8.54. The van der Waals surface area contributed by atoms with Crippen LogP contribution in [0.25, 0.3) is 0 Å². The van der Waals surface area contributed by atoms with Gasteiger partial charge in [0.05, 0.1) is 0 Å². The molecule has 0 bridgehead atoms. The molecule has 0 amide bonds.